The van der Waals surface area contributed by atoms with Crippen LogP contribution in [-0.2, 0) is 4.79 Å². The summed E-state index contributed by atoms with van der Waals surface area (Å²) in [6.45, 7) is 1.05. The van der Waals surface area contributed by atoms with E-state index in [2.05, 4.69) is 15.9 Å². The molecule has 1 saturated heterocycles. The van der Waals surface area contributed by atoms with Gasteiger partial charge in [-0.3, -0.25) is 4.79 Å². The number of anilines is 1. The molecule has 0 bridgehead atoms. The SMILES string of the molecule is NCC1CC(=O)N(c2cccc(F)c2Br)C1. The van der Waals surface area contributed by atoms with Gasteiger partial charge in [0, 0.05) is 13.0 Å². The molecule has 86 valence electrons. The highest BCUT2D eigenvalue weighted by Gasteiger charge is 2.31. The van der Waals surface area contributed by atoms with Crippen molar-refractivity contribution in [2.75, 3.05) is 18.0 Å². The van der Waals surface area contributed by atoms with Gasteiger partial charge in [-0.05, 0) is 40.5 Å². The number of hydrogen-bond acceptors (Lipinski definition) is 2. The Balaban J connectivity index is 2.31. The van der Waals surface area contributed by atoms with Crippen LogP contribution in [0.1, 0.15) is 6.42 Å². The first-order valence-electron chi connectivity index (χ1n) is 5.08. The standard InChI is InChI=1S/C11H12BrFN2O/c12-11-8(13)2-1-3-9(11)15-6-7(5-14)4-10(15)16/h1-3,7H,4-6,14H2. The van der Waals surface area contributed by atoms with E-state index in [4.69, 9.17) is 5.73 Å². The number of hydrogen-bond donors (Lipinski definition) is 1. The van der Waals surface area contributed by atoms with Crippen LogP contribution < -0.4 is 10.6 Å². The Morgan fingerprint density at radius 3 is 2.94 bits per heavy atom. The summed E-state index contributed by atoms with van der Waals surface area (Å²) in [7, 11) is 0. The van der Waals surface area contributed by atoms with Crippen molar-refractivity contribution >= 4 is 27.5 Å². The van der Waals surface area contributed by atoms with Gasteiger partial charge in [0.1, 0.15) is 5.82 Å². The third kappa shape index (κ3) is 1.97. The van der Waals surface area contributed by atoms with Crippen molar-refractivity contribution < 1.29 is 9.18 Å². The zero-order valence-corrected chi connectivity index (χ0v) is 10.2. The summed E-state index contributed by atoms with van der Waals surface area (Å²) in [5.41, 5.74) is 6.12. The van der Waals surface area contributed by atoms with E-state index in [0.717, 1.165) is 0 Å². The third-order valence-corrected chi connectivity index (χ3v) is 3.55. The summed E-state index contributed by atoms with van der Waals surface area (Å²) in [5.74, 6) is -0.189. The molecule has 16 heavy (non-hydrogen) atoms. The van der Waals surface area contributed by atoms with Crippen molar-refractivity contribution in [3.8, 4) is 0 Å². The van der Waals surface area contributed by atoms with Crippen molar-refractivity contribution in [3.63, 3.8) is 0 Å². The maximum Gasteiger partial charge on any atom is 0.227 e. The van der Waals surface area contributed by atoms with Gasteiger partial charge in [0.2, 0.25) is 5.91 Å². The van der Waals surface area contributed by atoms with E-state index in [1.54, 1.807) is 17.0 Å². The van der Waals surface area contributed by atoms with E-state index in [1.165, 1.54) is 6.07 Å². The summed E-state index contributed by atoms with van der Waals surface area (Å²) in [6.07, 6.45) is 0.444. The zero-order valence-electron chi connectivity index (χ0n) is 8.62. The van der Waals surface area contributed by atoms with Crippen molar-refractivity contribution in [2.24, 2.45) is 11.7 Å². The van der Waals surface area contributed by atoms with E-state index >= 15 is 0 Å². The monoisotopic (exact) mass is 286 g/mol. The molecule has 1 atom stereocenters. The van der Waals surface area contributed by atoms with Gasteiger partial charge in [-0.15, -0.1) is 0 Å². The molecule has 1 heterocycles. The second-order valence-electron chi connectivity index (χ2n) is 3.88. The average molecular weight is 287 g/mol. The van der Waals surface area contributed by atoms with E-state index in [0.29, 0.717) is 29.7 Å². The van der Waals surface area contributed by atoms with Crippen LogP contribution >= 0.6 is 15.9 Å². The minimum absolute atomic E-state index is 0.00162. The van der Waals surface area contributed by atoms with Gasteiger partial charge in [-0.1, -0.05) is 6.07 Å². The molecule has 0 saturated carbocycles. The largest absolute Gasteiger partial charge is 0.330 e. The van der Waals surface area contributed by atoms with Crippen molar-refractivity contribution in [1.29, 1.82) is 0 Å². The Hall–Kier alpha value is -0.940. The fourth-order valence-electron chi connectivity index (χ4n) is 1.87. The Morgan fingerprint density at radius 1 is 1.56 bits per heavy atom. The maximum absolute atomic E-state index is 13.3. The highest BCUT2D eigenvalue weighted by atomic mass is 79.9. The molecule has 2 rings (SSSR count). The van der Waals surface area contributed by atoms with E-state index in [-0.39, 0.29) is 17.6 Å². The summed E-state index contributed by atoms with van der Waals surface area (Å²) in [5, 5.41) is 0. The fourth-order valence-corrected chi connectivity index (χ4v) is 2.35. The van der Waals surface area contributed by atoms with Crippen LogP contribution in [0.4, 0.5) is 10.1 Å². The maximum atomic E-state index is 13.3. The van der Waals surface area contributed by atoms with Gasteiger partial charge in [0.15, 0.2) is 0 Å². The summed E-state index contributed by atoms with van der Waals surface area (Å²) in [4.78, 5) is 13.3. The molecule has 0 radical (unpaired) electrons. The number of benzene rings is 1. The van der Waals surface area contributed by atoms with Crippen LogP contribution in [0.2, 0.25) is 0 Å². The molecule has 1 unspecified atom stereocenters. The molecule has 1 aromatic carbocycles. The lowest BCUT2D eigenvalue weighted by Gasteiger charge is -2.18. The molecule has 5 heteroatoms. The van der Waals surface area contributed by atoms with Gasteiger partial charge in [0.25, 0.3) is 0 Å². The van der Waals surface area contributed by atoms with Gasteiger partial charge < -0.3 is 10.6 Å². The Morgan fingerprint density at radius 2 is 2.31 bits per heavy atom. The van der Waals surface area contributed by atoms with Crippen LogP contribution in [0.25, 0.3) is 0 Å². The first-order valence-corrected chi connectivity index (χ1v) is 5.87. The Bertz CT molecular complexity index is 424. The number of nitrogens with zero attached hydrogens (tertiary/aromatic N) is 1. The summed E-state index contributed by atoms with van der Waals surface area (Å²) >= 11 is 3.16. The average Bonchev–Trinajstić information content (AvgIpc) is 2.64. The molecule has 1 fully saturated rings. The molecule has 1 aromatic rings. The van der Waals surface area contributed by atoms with Crippen LogP contribution in [0, 0.1) is 11.7 Å². The topological polar surface area (TPSA) is 46.3 Å². The lowest BCUT2D eigenvalue weighted by Crippen LogP contribution is -2.26. The number of carbonyl (C=O) groups is 1. The predicted molar refractivity (Wildman–Crippen MR) is 63.6 cm³/mol. The molecule has 0 spiro atoms. The van der Waals surface area contributed by atoms with Gasteiger partial charge in [-0.2, -0.15) is 0 Å². The molecular formula is C11H12BrFN2O. The van der Waals surface area contributed by atoms with Crippen molar-refractivity contribution in [3.05, 3.63) is 28.5 Å². The molecule has 1 amide bonds. The number of carbonyl (C=O) groups excluding carboxylic acids is 1. The van der Waals surface area contributed by atoms with E-state index in [9.17, 15) is 9.18 Å². The number of rotatable bonds is 2. The molecule has 2 N–H and O–H groups in total. The minimum atomic E-state index is -0.360. The summed E-state index contributed by atoms with van der Waals surface area (Å²) in [6, 6.07) is 4.68. The quantitative estimate of drug-likeness (QED) is 0.903. The second kappa shape index (κ2) is 4.51. The van der Waals surface area contributed by atoms with Gasteiger partial charge >= 0.3 is 0 Å². The molecule has 1 aliphatic heterocycles. The highest BCUT2D eigenvalue weighted by molar-refractivity contribution is 9.10. The molecular weight excluding hydrogens is 275 g/mol. The third-order valence-electron chi connectivity index (χ3n) is 2.76. The zero-order chi connectivity index (χ0) is 11.7. The highest BCUT2D eigenvalue weighted by Crippen LogP contribution is 2.32. The molecule has 0 aromatic heterocycles. The van der Waals surface area contributed by atoms with Crippen molar-refractivity contribution in [1.82, 2.24) is 0 Å². The number of nitrogens with two attached hydrogens (primary N) is 1. The molecule has 1 aliphatic rings. The summed E-state index contributed by atoms with van der Waals surface area (Å²) < 4.78 is 13.7. The second-order valence-corrected chi connectivity index (χ2v) is 4.68. The van der Waals surface area contributed by atoms with E-state index in [1.807, 2.05) is 0 Å². The number of halogens is 2. The predicted octanol–water partition coefficient (Wildman–Crippen LogP) is 1.90. The minimum Gasteiger partial charge on any atom is -0.330 e. The number of amides is 1. The Labute approximate surface area is 102 Å². The smallest absolute Gasteiger partial charge is 0.227 e. The Kier molecular flexibility index (Phi) is 3.25. The first-order chi connectivity index (χ1) is 7.63. The van der Waals surface area contributed by atoms with Crippen molar-refractivity contribution in [2.45, 2.75) is 6.42 Å². The lowest BCUT2D eigenvalue weighted by molar-refractivity contribution is -0.117. The first kappa shape index (κ1) is 11.5. The van der Waals surface area contributed by atoms with Gasteiger partial charge in [0.05, 0.1) is 10.2 Å². The fraction of sp³-hybridized carbons (Fsp3) is 0.364. The van der Waals surface area contributed by atoms with Crippen LogP contribution in [-0.4, -0.2) is 19.0 Å². The van der Waals surface area contributed by atoms with E-state index < -0.39 is 0 Å². The van der Waals surface area contributed by atoms with Crippen LogP contribution in [0.5, 0.6) is 0 Å². The van der Waals surface area contributed by atoms with Gasteiger partial charge in [-0.25, -0.2) is 4.39 Å². The normalized spacial score (nSPS) is 20.6. The van der Waals surface area contributed by atoms with Crippen LogP contribution in [0.15, 0.2) is 22.7 Å². The molecule has 0 aliphatic carbocycles. The van der Waals surface area contributed by atoms with Crippen LogP contribution in [0.3, 0.4) is 0 Å². The lowest BCUT2D eigenvalue weighted by atomic mass is 10.1. The molecule has 3 nitrogen and oxygen atoms in total.